The van der Waals surface area contributed by atoms with Gasteiger partial charge in [-0.1, -0.05) is 35.7 Å². The van der Waals surface area contributed by atoms with Crippen LogP contribution < -0.4 is 9.47 Å². The van der Waals surface area contributed by atoms with E-state index in [2.05, 4.69) is 25.8 Å². The van der Waals surface area contributed by atoms with Gasteiger partial charge in [0.05, 0.1) is 0 Å². The van der Waals surface area contributed by atoms with E-state index in [4.69, 9.17) is 27.5 Å². The van der Waals surface area contributed by atoms with Crippen LogP contribution in [0.25, 0.3) is 11.6 Å². The second kappa shape index (κ2) is 6.74. The summed E-state index contributed by atoms with van der Waals surface area (Å²) in [6.07, 6.45) is 8.53. The van der Waals surface area contributed by atoms with Gasteiger partial charge >= 0.3 is 0 Å². The van der Waals surface area contributed by atoms with Crippen molar-refractivity contribution in [1.82, 2.24) is 0 Å². The van der Waals surface area contributed by atoms with E-state index in [0.717, 1.165) is 28.3 Å². The number of fused-ring (bicyclic) bond motifs is 1. The molecule has 0 bridgehead atoms. The molecule has 3 heteroatoms. The minimum absolute atomic E-state index is 0.300. The monoisotopic (exact) mass is 366 g/mol. The molecule has 0 unspecified atom stereocenters. The molecule has 3 rings (SSSR count). The van der Waals surface area contributed by atoms with Gasteiger partial charge in [0.2, 0.25) is 0 Å². The van der Waals surface area contributed by atoms with Crippen LogP contribution in [0.1, 0.15) is 45.2 Å². The van der Waals surface area contributed by atoms with Crippen molar-refractivity contribution in [2.45, 2.75) is 45.3 Å². The number of ether oxygens (including phenoxy) is 2. The van der Waals surface area contributed by atoms with Gasteiger partial charge in [-0.2, -0.15) is 0 Å². The molecule has 0 aromatic heterocycles. The number of terminal acetylenes is 1. The molecule has 1 aliphatic heterocycles. The van der Waals surface area contributed by atoms with E-state index in [-0.39, 0.29) is 5.60 Å². The van der Waals surface area contributed by atoms with E-state index in [0.29, 0.717) is 5.75 Å². The molecule has 0 saturated heterocycles. The lowest BCUT2D eigenvalue weighted by Crippen LogP contribution is -2.32. The summed E-state index contributed by atoms with van der Waals surface area (Å²) in [4.78, 5) is 0. The predicted molar refractivity (Wildman–Crippen MR) is 109 cm³/mol. The van der Waals surface area contributed by atoms with Crippen molar-refractivity contribution < 1.29 is 9.47 Å². The van der Waals surface area contributed by atoms with Crippen LogP contribution >= 0.6 is 11.6 Å². The Morgan fingerprint density at radius 1 is 1.19 bits per heavy atom. The van der Waals surface area contributed by atoms with Gasteiger partial charge in [-0.3, -0.25) is 0 Å². The molecule has 26 heavy (non-hydrogen) atoms. The fourth-order valence-electron chi connectivity index (χ4n) is 3.02. The number of hydrogen-bond donors (Lipinski definition) is 0. The Balaban J connectivity index is 2.00. The third kappa shape index (κ3) is 4.23. The topological polar surface area (TPSA) is 18.5 Å². The van der Waals surface area contributed by atoms with E-state index in [1.807, 2.05) is 56.3 Å². The highest BCUT2D eigenvalue weighted by atomic mass is 35.5. The molecule has 0 aliphatic carbocycles. The zero-order valence-corrected chi connectivity index (χ0v) is 16.4. The Labute approximate surface area is 160 Å². The molecule has 0 radical (unpaired) electrons. The Bertz CT molecular complexity index is 883. The molecule has 134 valence electrons. The van der Waals surface area contributed by atoms with Gasteiger partial charge in [0.15, 0.2) is 5.60 Å². The van der Waals surface area contributed by atoms with Crippen LogP contribution in [0.2, 0.25) is 5.02 Å². The summed E-state index contributed by atoms with van der Waals surface area (Å²) in [5.74, 6) is 4.16. The van der Waals surface area contributed by atoms with Crippen LogP contribution in [0.4, 0.5) is 0 Å². The van der Waals surface area contributed by atoms with E-state index < -0.39 is 5.60 Å². The predicted octanol–water partition coefficient (Wildman–Crippen LogP) is 6.23. The highest BCUT2D eigenvalue weighted by molar-refractivity contribution is 6.30. The summed E-state index contributed by atoms with van der Waals surface area (Å²) in [5.41, 5.74) is 2.44. The lowest BCUT2D eigenvalue weighted by atomic mass is 9.88. The number of halogens is 1. The van der Waals surface area contributed by atoms with Crippen LogP contribution in [0, 0.1) is 12.3 Å². The maximum absolute atomic E-state index is 6.20. The van der Waals surface area contributed by atoms with Crippen LogP contribution in [0.3, 0.4) is 0 Å². The SMILES string of the molecule is C#CC(C)(C)Oc1ccc2c(c1)OC(C)(C)C/C2=C\c1ccc(Cl)cc1. The summed E-state index contributed by atoms with van der Waals surface area (Å²) in [6.45, 7) is 7.90. The number of rotatable bonds is 3. The highest BCUT2D eigenvalue weighted by Crippen LogP contribution is 2.43. The first-order valence-corrected chi connectivity index (χ1v) is 9.02. The largest absolute Gasteiger partial charge is 0.487 e. The molecule has 2 aromatic carbocycles. The minimum Gasteiger partial charge on any atom is -0.487 e. The average molecular weight is 367 g/mol. The van der Waals surface area contributed by atoms with Gasteiger partial charge in [0, 0.05) is 23.1 Å². The normalized spacial score (nSPS) is 17.2. The Morgan fingerprint density at radius 3 is 2.54 bits per heavy atom. The molecule has 1 heterocycles. The Hall–Kier alpha value is -2.37. The third-order valence-corrected chi connectivity index (χ3v) is 4.48. The van der Waals surface area contributed by atoms with Gasteiger partial charge in [-0.05, 0) is 63.1 Å². The summed E-state index contributed by atoms with van der Waals surface area (Å²) in [5, 5.41) is 0.734. The molecule has 0 N–H and O–H groups in total. The van der Waals surface area contributed by atoms with Gasteiger partial charge < -0.3 is 9.47 Å². The van der Waals surface area contributed by atoms with Crippen molar-refractivity contribution in [3.63, 3.8) is 0 Å². The summed E-state index contributed by atoms with van der Waals surface area (Å²) < 4.78 is 12.1. The number of benzene rings is 2. The fraction of sp³-hybridized carbons (Fsp3) is 0.304. The van der Waals surface area contributed by atoms with E-state index in [1.54, 1.807) is 0 Å². The van der Waals surface area contributed by atoms with E-state index in [1.165, 1.54) is 5.57 Å². The maximum Gasteiger partial charge on any atom is 0.163 e. The second-order valence-electron chi connectivity index (χ2n) is 7.67. The van der Waals surface area contributed by atoms with Crippen LogP contribution in [0.15, 0.2) is 42.5 Å². The Morgan fingerprint density at radius 2 is 1.88 bits per heavy atom. The van der Waals surface area contributed by atoms with Crippen LogP contribution in [-0.4, -0.2) is 11.2 Å². The third-order valence-electron chi connectivity index (χ3n) is 4.23. The first-order chi connectivity index (χ1) is 12.2. The quantitative estimate of drug-likeness (QED) is 0.599. The van der Waals surface area contributed by atoms with Gasteiger partial charge in [0.1, 0.15) is 17.1 Å². The van der Waals surface area contributed by atoms with Crippen molar-refractivity contribution in [3.05, 3.63) is 58.6 Å². The van der Waals surface area contributed by atoms with Gasteiger partial charge in [-0.25, -0.2) is 0 Å². The molecule has 0 atom stereocenters. The summed E-state index contributed by atoms with van der Waals surface area (Å²) >= 11 is 5.99. The molecule has 2 nitrogen and oxygen atoms in total. The van der Waals surface area contributed by atoms with Crippen molar-refractivity contribution in [1.29, 1.82) is 0 Å². The zero-order valence-electron chi connectivity index (χ0n) is 15.6. The van der Waals surface area contributed by atoms with Crippen molar-refractivity contribution in [2.24, 2.45) is 0 Å². The second-order valence-corrected chi connectivity index (χ2v) is 8.11. The van der Waals surface area contributed by atoms with Crippen molar-refractivity contribution in [2.75, 3.05) is 0 Å². The zero-order chi connectivity index (χ0) is 18.9. The lowest BCUT2D eigenvalue weighted by molar-refractivity contribution is 0.106. The van der Waals surface area contributed by atoms with Crippen molar-refractivity contribution in [3.8, 4) is 23.8 Å². The summed E-state index contributed by atoms with van der Waals surface area (Å²) in [6, 6.07) is 13.7. The minimum atomic E-state index is -0.666. The number of hydrogen-bond acceptors (Lipinski definition) is 2. The standard InChI is InChI=1S/C23H23ClO2/c1-6-22(2,3)25-19-11-12-20-17(13-16-7-9-18(24)10-8-16)15-23(4,5)26-21(20)14-19/h1,7-14H,15H2,2-5H3/b17-13+. The van der Waals surface area contributed by atoms with E-state index in [9.17, 15) is 0 Å². The van der Waals surface area contributed by atoms with Crippen LogP contribution in [-0.2, 0) is 0 Å². The highest BCUT2D eigenvalue weighted by Gasteiger charge is 2.30. The smallest absolute Gasteiger partial charge is 0.163 e. The molecule has 1 aliphatic rings. The Kier molecular flexibility index (Phi) is 4.78. The molecular formula is C23H23ClO2. The molecule has 0 fully saturated rings. The maximum atomic E-state index is 6.20. The molecule has 0 amide bonds. The average Bonchev–Trinajstić information content (AvgIpc) is 2.55. The molecular weight excluding hydrogens is 344 g/mol. The first kappa shape index (κ1) is 18.4. The van der Waals surface area contributed by atoms with Crippen LogP contribution in [0.5, 0.6) is 11.5 Å². The molecule has 0 saturated carbocycles. The first-order valence-electron chi connectivity index (χ1n) is 8.64. The molecule has 0 spiro atoms. The summed E-state index contributed by atoms with van der Waals surface area (Å²) in [7, 11) is 0. The lowest BCUT2D eigenvalue weighted by Gasteiger charge is -2.35. The van der Waals surface area contributed by atoms with E-state index >= 15 is 0 Å². The molecule has 2 aromatic rings. The van der Waals surface area contributed by atoms with Crippen molar-refractivity contribution >= 4 is 23.3 Å². The van der Waals surface area contributed by atoms with Gasteiger partial charge in [0.25, 0.3) is 0 Å². The van der Waals surface area contributed by atoms with Gasteiger partial charge in [-0.15, -0.1) is 6.42 Å². The fourth-order valence-corrected chi connectivity index (χ4v) is 3.14.